The molecule has 25 heavy (non-hydrogen) atoms. The second kappa shape index (κ2) is 6.73. The van der Waals surface area contributed by atoms with Crippen LogP contribution < -0.4 is 0 Å². The smallest absolute Gasteiger partial charge is 0.0971 e. The zero-order valence-electron chi connectivity index (χ0n) is 13.9. The molecule has 1 aromatic carbocycles. The van der Waals surface area contributed by atoms with Crippen LogP contribution in [0.3, 0.4) is 0 Å². The Morgan fingerprint density at radius 1 is 1.20 bits per heavy atom. The lowest BCUT2D eigenvalue weighted by molar-refractivity contribution is -0.0481. The minimum absolute atomic E-state index is 0.459. The molecule has 1 aliphatic rings. The van der Waals surface area contributed by atoms with Crippen molar-refractivity contribution >= 4 is 0 Å². The standard InChI is InChI=1S/C17H21N7O/c25-17(14-23-10-8-18-21-23)7-4-9-22(13-17)12-15-11-19-24(20-15)16-5-2-1-3-6-16/h1-3,5-6,8,10-11,25H,4,7,9,12-14H2. The average Bonchev–Trinajstić information content (AvgIpc) is 3.27. The summed E-state index contributed by atoms with van der Waals surface area (Å²) >= 11 is 0. The molecule has 1 fully saturated rings. The Hall–Kier alpha value is -2.58. The summed E-state index contributed by atoms with van der Waals surface area (Å²) in [5, 5.41) is 27.6. The number of aromatic nitrogens is 6. The van der Waals surface area contributed by atoms with E-state index in [1.807, 2.05) is 30.3 Å². The van der Waals surface area contributed by atoms with Gasteiger partial charge in [0.15, 0.2) is 0 Å². The summed E-state index contributed by atoms with van der Waals surface area (Å²) in [5.41, 5.74) is 1.05. The van der Waals surface area contributed by atoms with Crippen LogP contribution >= 0.6 is 0 Å². The lowest BCUT2D eigenvalue weighted by atomic mass is 9.92. The van der Waals surface area contributed by atoms with E-state index in [9.17, 15) is 5.11 Å². The van der Waals surface area contributed by atoms with Gasteiger partial charge in [-0.25, -0.2) is 4.68 Å². The van der Waals surface area contributed by atoms with Gasteiger partial charge >= 0.3 is 0 Å². The van der Waals surface area contributed by atoms with Gasteiger partial charge in [-0.05, 0) is 31.5 Å². The fourth-order valence-electron chi connectivity index (χ4n) is 3.37. The van der Waals surface area contributed by atoms with Crippen molar-refractivity contribution in [1.29, 1.82) is 0 Å². The fraction of sp³-hybridized carbons (Fsp3) is 0.412. The van der Waals surface area contributed by atoms with E-state index in [0.717, 1.165) is 30.8 Å². The number of benzene rings is 1. The summed E-state index contributed by atoms with van der Waals surface area (Å²) in [6.45, 7) is 2.66. The molecule has 0 radical (unpaired) electrons. The Labute approximate surface area is 145 Å². The Morgan fingerprint density at radius 2 is 2.08 bits per heavy atom. The first-order valence-electron chi connectivity index (χ1n) is 8.46. The van der Waals surface area contributed by atoms with Crippen molar-refractivity contribution in [1.82, 2.24) is 34.9 Å². The molecule has 4 rings (SSSR count). The summed E-state index contributed by atoms with van der Waals surface area (Å²) in [6.07, 6.45) is 6.91. The molecule has 8 nitrogen and oxygen atoms in total. The molecule has 1 unspecified atom stereocenters. The molecule has 0 aliphatic carbocycles. The van der Waals surface area contributed by atoms with Gasteiger partial charge in [0.25, 0.3) is 0 Å². The SMILES string of the molecule is OC1(Cn2ccnn2)CCCN(Cc2cnn(-c3ccccc3)n2)C1. The quantitative estimate of drug-likeness (QED) is 0.743. The van der Waals surface area contributed by atoms with Crippen molar-refractivity contribution in [2.45, 2.75) is 31.5 Å². The lowest BCUT2D eigenvalue weighted by Crippen LogP contribution is -2.50. The molecule has 8 heteroatoms. The molecule has 3 aromatic rings. The number of para-hydroxylation sites is 1. The maximum Gasteiger partial charge on any atom is 0.0971 e. The maximum absolute atomic E-state index is 10.9. The zero-order valence-corrected chi connectivity index (χ0v) is 13.9. The number of piperidine rings is 1. The van der Waals surface area contributed by atoms with Gasteiger partial charge in [-0.2, -0.15) is 15.0 Å². The average molecular weight is 339 g/mol. The van der Waals surface area contributed by atoms with E-state index in [1.54, 1.807) is 28.1 Å². The number of likely N-dealkylation sites (tertiary alicyclic amines) is 1. The number of β-amino-alcohol motifs (C(OH)–C–C–N with tert-alkyl or cyclic N) is 1. The van der Waals surface area contributed by atoms with Crippen molar-refractivity contribution in [2.75, 3.05) is 13.1 Å². The summed E-state index contributed by atoms with van der Waals surface area (Å²) in [6, 6.07) is 9.85. The third kappa shape index (κ3) is 3.75. The van der Waals surface area contributed by atoms with Crippen LogP contribution in [0.5, 0.6) is 0 Å². The number of nitrogens with zero attached hydrogens (tertiary/aromatic N) is 7. The molecule has 0 amide bonds. The third-order valence-corrected chi connectivity index (χ3v) is 4.47. The molecule has 2 aromatic heterocycles. The van der Waals surface area contributed by atoms with E-state index in [1.165, 1.54) is 0 Å². The van der Waals surface area contributed by atoms with Gasteiger partial charge in [-0.3, -0.25) is 4.90 Å². The molecule has 0 saturated carbocycles. The number of hydrogen-bond acceptors (Lipinski definition) is 6. The Morgan fingerprint density at radius 3 is 2.88 bits per heavy atom. The summed E-state index contributed by atoms with van der Waals surface area (Å²) in [4.78, 5) is 3.86. The minimum atomic E-state index is -0.790. The zero-order chi connectivity index (χ0) is 17.1. The van der Waals surface area contributed by atoms with Crippen LogP contribution in [0.15, 0.2) is 48.9 Å². The molecule has 1 atom stereocenters. The minimum Gasteiger partial charge on any atom is -0.387 e. The highest BCUT2D eigenvalue weighted by molar-refractivity contribution is 5.28. The summed E-state index contributed by atoms with van der Waals surface area (Å²) < 4.78 is 1.69. The molecule has 0 bridgehead atoms. The highest BCUT2D eigenvalue weighted by Gasteiger charge is 2.34. The summed E-state index contributed by atoms with van der Waals surface area (Å²) in [5.74, 6) is 0. The molecule has 1 aliphatic heterocycles. The van der Waals surface area contributed by atoms with E-state index < -0.39 is 5.60 Å². The van der Waals surface area contributed by atoms with Gasteiger partial charge < -0.3 is 5.11 Å². The lowest BCUT2D eigenvalue weighted by Gasteiger charge is -2.38. The predicted molar refractivity (Wildman–Crippen MR) is 90.8 cm³/mol. The van der Waals surface area contributed by atoms with Gasteiger partial charge in [0.1, 0.15) is 0 Å². The van der Waals surface area contributed by atoms with Crippen LogP contribution in [-0.4, -0.2) is 58.7 Å². The van der Waals surface area contributed by atoms with Crippen molar-refractivity contribution in [3.05, 3.63) is 54.6 Å². The first-order valence-corrected chi connectivity index (χ1v) is 8.46. The van der Waals surface area contributed by atoms with Crippen LogP contribution in [0, 0.1) is 0 Å². The second-order valence-electron chi connectivity index (χ2n) is 6.60. The van der Waals surface area contributed by atoms with Gasteiger partial charge in [-0.1, -0.05) is 23.4 Å². The van der Waals surface area contributed by atoms with Gasteiger partial charge in [0.05, 0.1) is 35.9 Å². The molecule has 3 heterocycles. The van der Waals surface area contributed by atoms with Crippen LogP contribution in [0.4, 0.5) is 0 Å². The largest absolute Gasteiger partial charge is 0.387 e. The van der Waals surface area contributed by atoms with Crippen LogP contribution in [0.1, 0.15) is 18.5 Å². The predicted octanol–water partition coefficient (Wildman–Crippen LogP) is 0.886. The first kappa shape index (κ1) is 15.9. The Bertz CT molecular complexity index is 802. The normalized spacial score (nSPS) is 21.5. The Kier molecular flexibility index (Phi) is 4.29. The molecular formula is C17H21N7O. The van der Waals surface area contributed by atoms with Gasteiger partial charge in [-0.15, -0.1) is 5.10 Å². The van der Waals surface area contributed by atoms with Crippen molar-refractivity contribution in [3.8, 4) is 5.69 Å². The molecule has 1 saturated heterocycles. The van der Waals surface area contributed by atoms with E-state index in [2.05, 4.69) is 25.4 Å². The van der Waals surface area contributed by atoms with Crippen molar-refractivity contribution in [2.24, 2.45) is 0 Å². The van der Waals surface area contributed by atoms with Crippen molar-refractivity contribution in [3.63, 3.8) is 0 Å². The van der Waals surface area contributed by atoms with E-state index in [4.69, 9.17) is 0 Å². The van der Waals surface area contributed by atoms with Crippen molar-refractivity contribution < 1.29 is 5.11 Å². The monoisotopic (exact) mass is 339 g/mol. The van der Waals surface area contributed by atoms with Gasteiger partial charge in [0.2, 0.25) is 0 Å². The third-order valence-electron chi connectivity index (χ3n) is 4.47. The number of aliphatic hydroxyl groups is 1. The van der Waals surface area contributed by atoms with E-state index in [0.29, 0.717) is 19.6 Å². The summed E-state index contributed by atoms with van der Waals surface area (Å²) in [7, 11) is 0. The van der Waals surface area contributed by atoms with Crippen LogP contribution in [0.25, 0.3) is 5.69 Å². The molecule has 130 valence electrons. The first-order chi connectivity index (χ1) is 12.2. The number of hydrogen-bond donors (Lipinski definition) is 1. The molecular weight excluding hydrogens is 318 g/mol. The fourth-order valence-corrected chi connectivity index (χ4v) is 3.37. The highest BCUT2D eigenvalue weighted by atomic mass is 16.3. The molecule has 1 N–H and O–H groups in total. The Balaban J connectivity index is 1.42. The van der Waals surface area contributed by atoms with Crippen LogP contribution in [0.2, 0.25) is 0 Å². The highest BCUT2D eigenvalue weighted by Crippen LogP contribution is 2.23. The maximum atomic E-state index is 10.9. The molecule has 0 spiro atoms. The van der Waals surface area contributed by atoms with E-state index in [-0.39, 0.29) is 0 Å². The topological polar surface area (TPSA) is 84.9 Å². The van der Waals surface area contributed by atoms with Gasteiger partial charge in [0, 0.05) is 19.3 Å². The number of rotatable bonds is 5. The second-order valence-corrected chi connectivity index (χ2v) is 6.60. The van der Waals surface area contributed by atoms with Crippen LogP contribution in [-0.2, 0) is 13.1 Å². The van der Waals surface area contributed by atoms with E-state index >= 15 is 0 Å².